The second-order valence-corrected chi connectivity index (χ2v) is 4.03. The van der Waals surface area contributed by atoms with Gasteiger partial charge in [-0.25, -0.2) is 0 Å². The monoisotopic (exact) mass is 256 g/mol. The number of hydrogen-bond donors (Lipinski definition) is 1. The summed E-state index contributed by atoms with van der Waals surface area (Å²) in [7, 11) is 0. The standard InChI is InChI=1S/C14H16N4O/c1-12(19)17-13-5-2-6-14(11-13)18(9-3-7-15)10-4-8-16/h2,5-6,11H,3-4,9-10H2,1H3,(H,17,19). The molecule has 0 radical (unpaired) electrons. The lowest BCUT2D eigenvalue weighted by Gasteiger charge is -2.23. The van der Waals surface area contributed by atoms with Crippen molar-refractivity contribution in [2.45, 2.75) is 19.8 Å². The fourth-order valence-electron chi connectivity index (χ4n) is 1.72. The van der Waals surface area contributed by atoms with Crippen LogP contribution in [-0.4, -0.2) is 19.0 Å². The fraction of sp³-hybridized carbons (Fsp3) is 0.357. The van der Waals surface area contributed by atoms with Crippen LogP contribution in [0.4, 0.5) is 11.4 Å². The average Bonchev–Trinajstić information content (AvgIpc) is 2.38. The van der Waals surface area contributed by atoms with Crippen molar-refractivity contribution < 1.29 is 4.79 Å². The van der Waals surface area contributed by atoms with E-state index >= 15 is 0 Å². The van der Waals surface area contributed by atoms with E-state index in [1.807, 2.05) is 23.1 Å². The molecule has 0 bridgehead atoms. The number of rotatable bonds is 6. The highest BCUT2D eigenvalue weighted by Crippen LogP contribution is 2.20. The van der Waals surface area contributed by atoms with Crippen LogP contribution in [0.5, 0.6) is 0 Å². The number of nitrogens with zero attached hydrogens (tertiary/aromatic N) is 3. The van der Waals surface area contributed by atoms with Gasteiger partial charge in [-0.2, -0.15) is 10.5 Å². The quantitative estimate of drug-likeness (QED) is 0.846. The topological polar surface area (TPSA) is 79.9 Å². The van der Waals surface area contributed by atoms with Gasteiger partial charge < -0.3 is 10.2 Å². The Kier molecular flexibility index (Phi) is 5.91. The number of amides is 1. The Morgan fingerprint density at radius 1 is 1.26 bits per heavy atom. The van der Waals surface area contributed by atoms with Gasteiger partial charge in [-0.15, -0.1) is 0 Å². The summed E-state index contributed by atoms with van der Waals surface area (Å²) in [5, 5.41) is 20.0. The molecule has 1 aromatic rings. The number of carbonyl (C=O) groups excluding carboxylic acids is 1. The van der Waals surface area contributed by atoms with Crippen molar-refractivity contribution in [3.63, 3.8) is 0 Å². The van der Waals surface area contributed by atoms with Crippen molar-refractivity contribution in [1.29, 1.82) is 10.5 Å². The van der Waals surface area contributed by atoms with E-state index in [-0.39, 0.29) is 5.91 Å². The van der Waals surface area contributed by atoms with E-state index in [0.717, 1.165) is 5.69 Å². The number of nitriles is 2. The van der Waals surface area contributed by atoms with Crippen LogP contribution < -0.4 is 10.2 Å². The van der Waals surface area contributed by atoms with E-state index in [9.17, 15) is 4.79 Å². The lowest BCUT2D eigenvalue weighted by Crippen LogP contribution is -2.25. The van der Waals surface area contributed by atoms with Gasteiger partial charge in [-0.3, -0.25) is 4.79 Å². The predicted octanol–water partition coefficient (Wildman–Crippen LogP) is 2.28. The Morgan fingerprint density at radius 2 is 1.89 bits per heavy atom. The molecule has 0 saturated heterocycles. The minimum absolute atomic E-state index is 0.127. The van der Waals surface area contributed by atoms with E-state index in [1.54, 1.807) is 6.07 Å². The summed E-state index contributed by atoms with van der Waals surface area (Å²) in [6.45, 7) is 2.60. The molecule has 0 unspecified atom stereocenters. The van der Waals surface area contributed by atoms with Crippen LogP contribution in [0.2, 0.25) is 0 Å². The van der Waals surface area contributed by atoms with E-state index in [4.69, 9.17) is 10.5 Å². The third-order valence-electron chi connectivity index (χ3n) is 2.52. The lowest BCUT2D eigenvalue weighted by atomic mass is 10.2. The number of carbonyl (C=O) groups is 1. The number of benzene rings is 1. The molecule has 0 saturated carbocycles. The van der Waals surface area contributed by atoms with Crippen LogP contribution in [0, 0.1) is 22.7 Å². The van der Waals surface area contributed by atoms with Crippen molar-refractivity contribution in [2.75, 3.05) is 23.3 Å². The summed E-state index contributed by atoms with van der Waals surface area (Å²) in [6.07, 6.45) is 0.797. The molecule has 1 aromatic carbocycles. The second-order valence-electron chi connectivity index (χ2n) is 4.03. The molecule has 98 valence electrons. The Hall–Kier alpha value is -2.53. The van der Waals surface area contributed by atoms with E-state index < -0.39 is 0 Å². The molecule has 0 heterocycles. The summed E-state index contributed by atoms with van der Waals surface area (Å²) in [6, 6.07) is 11.6. The number of anilines is 2. The molecule has 5 nitrogen and oxygen atoms in total. The molecule has 0 spiro atoms. The van der Waals surface area contributed by atoms with Crippen LogP contribution in [0.3, 0.4) is 0 Å². The molecule has 0 fully saturated rings. The average molecular weight is 256 g/mol. The van der Waals surface area contributed by atoms with Gasteiger partial charge in [-0.05, 0) is 18.2 Å². The predicted molar refractivity (Wildman–Crippen MR) is 73.4 cm³/mol. The van der Waals surface area contributed by atoms with Crippen molar-refractivity contribution in [2.24, 2.45) is 0 Å². The zero-order valence-corrected chi connectivity index (χ0v) is 10.9. The van der Waals surface area contributed by atoms with Crippen molar-refractivity contribution >= 4 is 17.3 Å². The maximum atomic E-state index is 11.0. The smallest absolute Gasteiger partial charge is 0.221 e. The zero-order valence-electron chi connectivity index (χ0n) is 10.9. The highest BCUT2D eigenvalue weighted by molar-refractivity contribution is 5.89. The summed E-state index contributed by atoms with van der Waals surface area (Å²) >= 11 is 0. The largest absolute Gasteiger partial charge is 0.369 e. The fourth-order valence-corrected chi connectivity index (χ4v) is 1.72. The number of nitrogens with one attached hydrogen (secondary N) is 1. The summed E-state index contributed by atoms with van der Waals surface area (Å²) in [5.41, 5.74) is 1.61. The molecule has 0 aliphatic carbocycles. The van der Waals surface area contributed by atoms with Gasteiger partial charge in [0, 0.05) is 31.4 Å². The summed E-state index contributed by atoms with van der Waals surface area (Å²) in [5.74, 6) is -0.127. The summed E-state index contributed by atoms with van der Waals surface area (Å²) < 4.78 is 0. The first kappa shape index (κ1) is 14.5. The van der Waals surface area contributed by atoms with Gasteiger partial charge in [0.15, 0.2) is 0 Å². The maximum absolute atomic E-state index is 11.0. The van der Waals surface area contributed by atoms with Crippen LogP contribution in [0.15, 0.2) is 24.3 Å². The van der Waals surface area contributed by atoms with E-state index in [0.29, 0.717) is 31.6 Å². The Morgan fingerprint density at radius 3 is 2.42 bits per heavy atom. The highest BCUT2D eigenvalue weighted by atomic mass is 16.1. The molecule has 0 aliphatic rings. The van der Waals surface area contributed by atoms with Gasteiger partial charge in [-0.1, -0.05) is 6.07 Å². The molecule has 1 rings (SSSR count). The van der Waals surface area contributed by atoms with Crippen LogP contribution in [0.25, 0.3) is 0 Å². The first-order valence-corrected chi connectivity index (χ1v) is 6.04. The highest BCUT2D eigenvalue weighted by Gasteiger charge is 2.07. The minimum Gasteiger partial charge on any atom is -0.369 e. The van der Waals surface area contributed by atoms with Crippen LogP contribution in [0.1, 0.15) is 19.8 Å². The molecule has 0 aromatic heterocycles. The molecule has 0 atom stereocenters. The first-order valence-electron chi connectivity index (χ1n) is 6.04. The Balaban J connectivity index is 2.85. The van der Waals surface area contributed by atoms with Crippen molar-refractivity contribution in [3.8, 4) is 12.1 Å². The van der Waals surface area contributed by atoms with Gasteiger partial charge in [0.2, 0.25) is 5.91 Å². The van der Waals surface area contributed by atoms with E-state index in [2.05, 4.69) is 17.5 Å². The van der Waals surface area contributed by atoms with Crippen molar-refractivity contribution in [1.82, 2.24) is 0 Å². The van der Waals surface area contributed by atoms with Gasteiger partial charge >= 0.3 is 0 Å². The normalized spacial score (nSPS) is 9.21. The Labute approximate surface area is 113 Å². The second kappa shape index (κ2) is 7.73. The van der Waals surface area contributed by atoms with Crippen LogP contribution in [-0.2, 0) is 4.79 Å². The third-order valence-corrected chi connectivity index (χ3v) is 2.52. The van der Waals surface area contributed by atoms with Gasteiger partial charge in [0.05, 0.1) is 25.0 Å². The summed E-state index contributed by atoms with van der Waals surface area (Å²) in [4.78, 5) is 13.0. The number of hydrogen-bond acceptors (Lipinski definition) is 4. The molecule has 0 aliphatic heterocycles. The SMILES string of the molecule is CC(=O)Nc1cccc(N(CCC#N)CCC#N)c1. The molecular weight excluding hydrogens is 240 g/mol. The third kappa shape index (κ3) is 5.10. The van der Waals surface area contributed by atoms with Gasteiger partial charge in [0.1, 0.15) is 0 Å². The maximum Gasteiger partial charge on any atom is 0.221 e. The van der Waals surface area contributed by atoms with Gasteiger partial charge in [0.25, 0.3) is 0 Å². The molecule has 1 amide bonds. The van der Waals surface area contributed by atoms with E-state index in [1.165, 1.54) is 6.92 Å². The van der Waals surface area contributed by atoms with Crippen molar-refractivity contribution in [3.05, 3.63) is 24.3 Å². The molecule has 5 heteroatoms. The zero-order chi connectivity index (χ0) is 14.1. The lowest BCUT2D eigenvalue weighted by molar-refractivity contribution is -0.114. The van der Waals surface area contributed by atoms with Crippen LogP contribution >= 0.6 is 0 Å². The first-order chi connectivity index (χ1) is 9.17. The molecule has 19 heavy (non-hydrogen) atoms. The molecule has 1 N–H and O–H groups in total. The molecular formula is C14H16N4O. The Bertz CT molecular complexity index is 495. The minimum atomic E-state index is -0.127.